The number of benzene rings is 3. The van der Waals surface area contributed by atoms with E-state index < -0.39 is 5.97 Å². The second-order valence-electron chi connectivity index (χ2n) is 7.25. The Morgan fingerprint density at radius 1 is 0.941 bits per heavy atom. The largest absolute Gasteiger partial charge is 0.490 e. The summed E-state index contributed by atoms with van der Waals surface area (Å²) in [5, 5.41) is 1.05. The van der Waals surface area contributed by atoms with Crippen molar-refractivity contribution in [3.05, 3.63) is 93.4 Å². The average molecular weight is 521 g/mol. The van der Waals surface area contributed by atoms with Gasteiger partial charge in [-0.05, 0) is 55.5 Å². The van der Waals surface area contributed by atoms with Crippen molar-refractivity contribution in [2.24, 2.45) is 0 Å². The Kier molecular flexibility index (Phi) is 5.81. The first-order valence-electron chi connectivity index (χ1n) is 10.4. The molecule has 2 aromatic heterocycles. The normalized spacial score (nSPS) is 11.0. The van der Waals surface area contributed by atoms with E-state index in [4.69, 9.17) is 23.0 Å². The van der Waals surface area contributed by atoms with Gasteiger partial charge in [-0.3, -0.25) is 4.79 Å². The highest BCUT2D eigenvalue weighted by atomic mass is 79.9. The van der Waals surface area contributed by atoms with Crippen LogP contribution < -0.4 is 19.6 Å². The third-order valence-corrected chi connectivity index (χ3v) is 5.47. The van der Waals surface area contributed by atoms with Crippen LogP contribution in [0.5, 0.6) is 23.0 Å². The topological polar surface area (TPSA) is 88.1 Å². The number of para-hydroxylation sites is 2. The minimum Gasteiger partial charge on any atom is -0.490 e. The Hall–Kier alpha value is -4.04. The molecule has 0 unspecified atom stereocenters. The van der Waals surface area contributed by atoms with Crippen LogP contribution in [-0.2, 0) is 0 Å². The molecule has 5 aromatic rings. The maximum atomic E-state index is 12.9. The van der Waals surface area contributed by atoms with Crippen LogP contribution in [0, 0.1) is 0 Å². The second-order valence-corrected chi connectivity index (χ2v) is 8.17. The number of esters is 1. The molecule has 170 valence electrons. The SMILES string of the molecule is CCOc1ccccc1Oc1coc2cc(OC(=O)c3cc4cc(Br)ccc4o3)ccc2c1=O. The maximum absolute atomic E-state index is 12.9. The molecule has 0 spiro atoms. The van der Waals surface area contributed by atoms with Crippen molar-refractivity contribution in [3.8, 4) is 23.0 Å². The molecule has 0 N–H and O–H groups in total. The van der Waals surface area contributed by atoms with E-state index in [1.807, 2.05) is 25.1 Å². The van der Waals surface area contributed by atoms with Crippen molar-refractivity contribution in [3.63, 3.8) is 0 Å². The van der Waals surface area contributed by atoms with E-state index in [2.05, 4.69) is 15.9 Å². The van der Waals surface area contributed by atoms with Crippen molar-refractivity contribution in [1.82, 2.24) is 0 Å². The van der Waals surface area contributed by atoms with Gasteiger partial charge < -0.3 is 23.0 Å². The lowest BCUT2D eigenvalue weighted by molar-refractivity contribution is 0.0704. The molecular weight excluding hydrogens is 504 g/mol. The third-order valence-electron chi connectivity index (χ3n) is 4.97. The number of hydrogen-bond donors (Lipinski definition) is 0. The lowest BCUT2D eigenvalue weighted by Gasteiger charge is -2.11. The van der Waals surface area contributed by atoms with E-state index in [1.54, 1.807) is 30.3 Å². The molecule has 8 heteroatoms. The number of rotatable bonds is 6. The molecule has 5 rings (SSSR count). The Bertz CT molecular complexity index is 1580. The van der Waals surface area contributed by atoms with Gasteiger partial charge in [-0.1, -0.05) is 28.1 Å². The van der Waals surface area contributed by atoms with Crippen molar-refractivity contribution in [2.45, 2.75) is 6.92 Å². The van der Waals surface area contributed by atoms with Gasteiger partial charge in [0.15, 0.2) is 11.5 Å². The predicted molar refractivity (Wildman–Crippen MR) is 129 cm³/mol. The molecule has 0 radical (unpaired) electrons. The van der Waals surface area contributed by atoms with Crippen molar-refractivity contribution in [1.29, 1.82) is 0 Å². The van der Waals surface area contributed by atoms with Gasteiger partial charge in [0.05, 0.1) is 12.0 Å². The van der Waals surface area contributed by atoms with Gasteiger partial charge in [-0.15, -0.1) is 0 Å². The Labute approximate surface area is 201 Å². The van der Waals surface area contributed by atoms with Crippen LogP contribution in [0.25, 0.3) is 21.9 Å². The first kappa shape index (κ1) is 21.8. The third kappa shape index (κ3) is 4.27. The van der Waals surface area contributed by atoms with E-state index in [9.17, 15) is 9.59 Å². The lowest BCUT2D eigenvalue weighted by atomic mass is 10.2. The van der Waals surface area contributed by atoms with Gasteiger partial charge in [-0.2, -0.15) is 0 Å². The summed E-state index contributed by atoms with van der Waals surface area (Å²) in [6.45, 7) is 2.32. The van der Waals surface area contributed by atoms with Crippen LogP contribution in [-0.4, -0.2) is 12.6 Å². The van der Waals surface area contributed by atoms with Gasteiger partial charge in [-0.25, -0.2) is 4.79 Å². The first-order valence-corrected chi connectivity index (χ1v) is 11.2. The summed E-state index contributed by atoms with van der Waals surface area (Å²) >= 11 is 3.39. The number of furan rings is 1. The summed E-state index contributed by atoms with van der Waals surface area (Å²) in [5.74, 6) is 0.535. The van der Waals surface area contributed by atoms with Gasteiger partial charge >= 0.3 is 5.97 Å². The predicted octanol–water partition coefficient (Wildman–Crippen LogP) is 6.71. The van der Waals surface area contributed by atoms with Crippen molar-refractivity contribution >= 4 is 43.8 Å². The molecule has 0 aliphatic carbocycles. The summed E-state index contributed by atoms with van der Waals surface area (Å²) < 4.78 is 28.8. The van der Waals surface area contributed by atoms with Gasteiger partial charge in [0, 0.05) is 15.9 Å². The number of fused-ring (bicyclic) bond motifs is 2. The van der Waals surface area contributed by atoms with Crippen LogP contribution in [0.1, 0.15) is 17.5 Å². The monoisotopic (exact) mass is 520 g/mol. The molecule has 2 heterocycles. The van der Waals surface area contributed by atoms with Crippen LogP contribution in [0.2, 0.25) is 0 Å². The summed E-state index contributed by atoms with van der Waals surface area (Å²) in [6.07, 6.45) is 1.22. The number of ether oxygens (including phenoxy) is 3. The Morgan fingerprint density at radius 2 is 1.76 bits per heavy atom. The molecule has 0 bridgehead atoms. The fourth-order valence-electron chi connectivity index (χ4n) is 3.42. The number of hydrogen-bond acceptors (Lipinski definition) is 7. The minimum atomic E-state index is -0.665. The zero-order valence-corrected chi connectivity index (χ0v) is 19.5. The Balaban J connectivity index is 1.39. The van der Waals surface area contributed by atoms with Crippen molar-refractivity contribution in [2.75, 3.05) is 6.61 Å². The molecule has 3 aromatic carbocycles. The van der Waals surface area contributed by atoms with Gasteiger partial charge in [0.1, 0.15) is 23.2 Å². The molecule has 0 aliphatic heterocycles. The highest BCUT2D eigenvalue weighted by Crippen LogP contribution is 2.31. The van der Waals surface area contributed by atoms with Crippen molar-refractivity contribution < 1.29 is 27.8 Å². The van der Waals surface area contributed by atoms with E-state index in [1.165, 1.54) is 24.5 Å². The zero-order chi connectivity index (χ0) is 23.7. The zero-order valence-electron chi connectivity index (χ0n) is 17.9. The maximum Gasteiger partial charge on any atom is 0.379 e. The second kappa shape index (κ2) is 9.07. The summed E-state index contributed by atoms with van der Waals surface area (Å²) in [6, 6.07) is 18.6. The average Bonchev–Trinajstić information content (AvgIpc) is 3.26. The summed E-state index contributed by atoms with van der Waals surface area (Å²) in [5.41, 5.74) is 0.445. The van der Waals surface area contributed by atoms with E-state index in [0.29, 0.717) is 23.7 Å². The number of carbonyl (C=O) groups excluding carboxylic acids is 1. The van der Waals surface area contributed by atoms with E-state index in [-0.39, 0.29) is 33.7 Å². The summed E-state index contributed by atoms with van der Waals surface area (Å²) in [7, 11) is 0. The van der Waals surface area contributed by atoms with Crippen LogP contribution in [0.15, 0.2) is 91.1 Å². The first-order chi connectivity index (χ1) is 16.5. The number of carbonyl (C=O) groups is 1. The van der Waals surface area contributed by atoms with Crippen LogP contribution in [0.4, 0.5) is 0 Å². The molecule has 34 heavy (non-hydrogen) atoms. The lowest BCUT2D eigenvalue weighted by Crippen LogP contribution is -2.08. The minimum absolute atomic E-state index is 0.0119. The molecular formula is C26H17BrO7. The standard InChI is InChI=1S/C26H17BrO7/c1-2-30-20-5-3-4-6-21(20)34-24-14-31-22-13-17(8-9-18(22)25(24)28)32-26(29)23-12-15-11-16(27)7-10-19(15)33-23/h3-14H,2H2,1H3. The molecule has 7 nitrogen and oxygen atoms in total. The molecule has 0 saturated heterocycles. The summed E-state index contributed by atoms with van der Waals surface area (Å²) in [4.78, 5) is 25.5. The van der Waals surface area contributed by atoms with Gasteiger partial charge in [0.2, 0.25) is 16.9 Å². The van der Waals surface area contributed by atoms with Crippen LogP contribution in [0.3, 0.4) is 0 Å². The van der Waals surface area contributed by atoms with E-state index >= 15 is 0 Å². The molecule has 0 saturated carbocycles. The molecule has 0 amide bonds. The molecule has 0 aliphatic rings. The number of halogens is 1. The fourth-order valence-corrected chi connectivity index (χ4v) is 3.80. The quantitative estimate of drug-likeness (QED) is 0.181. The van der Waals surface area contributed by atoms with Gasteiger partial charge in [0.25, 0.3) is 0 Å². The highest BCUT2D eigenvalue weighted by molar-refractivity contribution is 9.10. The smallest absolute Gasteiger partial charge is 0.379 e. The molecule has 0 fully saturated rings. The Morgan fingerprint density at radius 3 is 2.59 bits per heavy atom. The van der Waals surface area contributed by atoms with E-state index in [0.717, 1.165) is 9.86 Å². The molecule has 0 atom stereocenters. The highest BCUT2D eigenvalue weighted by Gasteiger charge is 2.17. The van der Waals surface area contributed by atoms with Crippen LogP contribution >= 0.6 is 15.9 Å². The fraction of sp³-hybridized carbons (Fsp3) is 0.0769.